The maximum absolute atomic E-state index is 10.3. The third kappa shape index (κ3) is 4.37. The van der Waals surface area contributed by atoms with Gasteiger partial charge in [-0.25, -0.2) is 4.68 Å². The highest BCUT2D eigenvalue weighted by Crippen LogP contribution is 2.24. The summed E-state index contributed by atoms with van der Waals surface area (Å²) in [7, 11) is 0. The molecule has 1 heterocycles. The van der Waals surface area contributed by atoms with Gasteiger partial charge in [0.05, 0.1) is 17.0 Å². The summed E-state index contributed by atoms with van der Waals surface area (Å²) >= 11 is 1.66. The van der Waals surface area contributed by atoms with Gasteiger partial charge in [0.2, 0.25) is 0 Å². The lowest BCUT2D eigenvalue weighted by Crippen LogP contribution is -2.41. The van der Waals surface area contributed by atoms with Crippen LogP contribution < -0.4 is 5.32 Å². The highest BCUT2D eigenvalue weighted by atomic mass is 32.2. The molecule has 0 fully saturated rings. The first-order chi connectivity index (χ1) is 10.9. The van der Waals surface area contributed by atoms with Crippen LogP contribution in [0, 0.1) is 13.8 Å². The Kier molecular flexibility index (Phi) is 5.89. The van der Waals surface area contributed by atoms with Gasteiger partial charge >= 0.3 is 0 Å². The Bertz CT molecular complexity index is 637. The van der Waals surface area contributed by atoms with E-state index in [1.54, 1.807) is 11.8 Å². The van der Waals surface area contributed by atoms with Gasteiger partial charge in [-0.15, -0.1) is 0 Å². The zero-order chi connectivity index (χ0) is 17.0. The van der Waals surface area contributed by atoms with Crippen LogP contribution in [0.3, 0.4) is 0 Å². The van der Waals surface area contributed by atoms with Crippen molar-refractivity contribution in [2.45, 2.75) is 39.3 Å². The molecule has 0 saturated heterocycles. The fraction of sp³-hybridized carbons (Fsp3) is 0.500. The van der Waals surface area contributed by atoms with Crippen molar-refractivity contribution < 1.29 is 5.11 Å². The second-order valence-electron chi connectivity index (χ2n) is 6.36. The Morgan fingerprint density at radius 2 is 1.96 bits per heavy atom. The van der Waals surface area contributed by atoms with E-state index < -0.39 is 5.60 Å². The molecular formula is C18H27N3OS. The molecule has 2 atom stereocenters. The molecule has 0 radical (unpaired) electrons. The topological polar surface area (TPSA) is 50.1 Å². The number of aromatic nitrogens is 2. The van der Waals surface area contributed by atoms with Crippen molar-refractivity contribution in [2.24, 2.45) is 0 Å². The summed E-state index contributed by atoms with van der Waals surface area (Å²) in [6.07, 6.45) is 2.01. The maximum Gasteiger partial charge on any atom is 0.0833 e. The number of hydrogen-bond acceptors (Lipinski definition) is 4. The number of aliphatic hydroxyl groups is 1. The Hall–Kier alpha value is -1.30. The molecule has 0 saturated carbocycles. The molecule has 2 unspecified atom stereocenters. The molecule has 2 aromatic rings. The average molecular weight is 334 g/mol. The van der Waals surface area contributed by atoms with Crippen molar-refractivity contribution in [2.75, 3.05) is 18.6 Å². The molecule has 0 aliphatic heterocycles. The molecule has 1 aromatic heterocycles. The van der Waals surface area contributed by atoms with E-state index in [1.807, 2.05) is 43.0 Å². The number of nitrogens with one attached hydrogen (secondary N) is 1. The van der Waals surface area contributed by atoms with Gasteiger partial charge < -0.3 is 10.4 Å². The van der Waals surface area contributed by atoms with Crippen LogP contribution in [0.25, 0.3) is 5.69 Å². The van der Waals surface area contributed by atoms with Crippen molar-refractivity contribution in [1.29, 1.82) is 0 Å². The molecule has 1 aromatic carbocycles. The average Bonchev–Trinajstić information content (AvgIpc) is 2.81. The highest BCUT2D eigenvalue weighted by molar-refractivity contribution is 7.98. The van der Waals surface area contributed by atoms with Crippen molar-refractivity contribution >= 4 is 11.8 Å². The number of hydrogen-bond donors (Lipinski definition) is 2. The molecule has 0 bridgehead atoms. The Morgan fingerprint density at radius 3 is 2.57 bits per heavy atom. The van der Waals surface area contributed by atoms with Crippen LogP contribution in [0.1, 0.15) is 36.8 Å². The van der Waals surface area contributed by atoms with E-state index in [0.717, 1.165) is 17.1 Å². The summed E-state index contributed by atoms with van der Waals surface area (Å²) in [5.74, 6) is 0.716. The number of aryl methyl sites for hydroxylation is 1. The summed E-state index contributed by atoms with van der Waals surface area (Å²) < 4.78 is 1.99. The van der Waals surface area contributed by atoms with Crippen molar-refractivity contribution in [3.63, 3.8) is 0 Å². The third-order valence-corrected chi connectivity index (χ3v) is 4.94. The molecule has 0 spiro atoms. The lowest BCUT2D eigenvalue weighted by Gasteiger charge is -2.25. The molecule has 0 amide bonds. The number of rotatable bonds is 7. The van der Waals surface area contributed by atoms with Crippen LogP contribution in [0.4, 0.5) is 0 Å². The zero-order valence-electron chi connectivity index (χ0n) is 14.6. The fourth-order valence-corrected chi connectivity index (χ4v) is 3.66. The van der Waals surface area contributed by atoms with E-state index in [4.69, 9.17) is 5.10 Å². The maximum atomic E-state index is 10.3. The van der Waals surface area contributed by atoms with Crippen molar-refractivity contribution in [1.82, 2.24) is 15.1 Å². The third-order valence-electron chi connectivity index (χ3n) is 4.03. The van der Waals surface area contributed by atoms with E-state index in [9.17, 15) is 5.11 Å². The van der Waals surface area contributed by atoms with Crippen LogP contribution in [0.2, 0.25) is 0 Å². The first kappa shape index (κ1) is 18.0. The quantitative estimate of drug-likeness (QED) is 0.816. The van der Waals surface area contributed by atoms with E-state index >= 15 is 0 Å². The smallest absolute Gasteiger partial charge is 0.0833 e. The molecule has 0 aliphatic carbocycles. The second-order valence-corrected chi connectivity index (χ2v) is 7.23. The van der Waals surface area contributed by atoms with Crippen molar-refractivity contribution in [3.8, 4) is 5.69 Å². The molecule has 4 nitrogen and oxygen atoms in total. The predicted molar refractivity (Wildman–Crippen MR) is 98.5 cm³/mol. The lowest BCUT2D eigenvalue weighted by molar-refractivity contribution is 0.0820. The van der Waals surface area contributed by atoms with Gasteiger partial charge in [-0.3, -0.25) is 0 Å². The molecule has 126 valence electrons. The van der Waals surface area contributed by atoms with Gasteiger partial charge in [0, 0.05) is 29.6 Å². The van der Waals surface area contributed by atoms with Gasteiger partial charge in [-0.2, -0.15) is 16.9 Å². The standard InChI is InChI=1S/C18H27N3OS/c1-13(19-11-18(4,22)12-23-5)17-14(2)20-21(15(17)3)16-9-7-6-8-10-16/h6-10,13,19,22H,11-12H2,1-5H3. The minimum Gasteiger partial charge on any atom is -0.388 e. The van der Waals surface area contributed by atoms with Crippen LogP contribution in [0.15, 0.2) is 30.3 Å². The summed E-state index contributed by atoms with van der Waals surface area (Å²) in [4.78, 5) is 0. The molecular weight excluding hydrogens is 306 g/mol. The van der Waals surface area contributed by atoms with Crippen LogP contribution >= 0.6 is 11.8 Å². The molecule has 2 rings (SSSR count). The molecule has 2 N–H and O–H groups in total. The lowest BCUT2D eigenvalue weighted by atomic mass is 10.0. The SMILES string of the molecule is CSCC(C)(O)CNC(C)c1c(C)nn(-c2ccccc2)c1C. The first-order valence-corrected chi connectivity index (χ1v) is 9.31. The van der Waals surface area contributed by atoms with Crippen LogP contribution in [0.5, 0.6) is 0 Å². The van der Waals surface area contributed by atoms with Gasteiger partial charge in [0.25, 0.3) is 0 Å². The van der Waals surface area contributed by atoms with Crippen LogP contribution in [-0.4, -0.2) is 39.0 Å². The number of thioether (sulfide) groups is 1. The number of nitrogens with zero attached hydrogens (tertiary/aromatic N) is 2. The predicted octanol–water partition coefficient (Wildman–Crippen LogP) is 3.25. The van der Waals surface area contributed by atoms with Gasteiger partial charge in [0.15, 0.2) is 0 Å². The minimum atomic E-state index is -0.703. The zero-order valence-corrected chi connectivity index (χ0v) is 15.4. The Balaban J connectivity index is 2.18. The molecule has 0 aliphatic rings. The normalized spacial score (nSPS) is 15.4. The summed E-state index contributed by atoms with van der Waals surface area (Å²) in [6.45, 7) is 8.70. The Labute approximate surface area is 143 Å². The summed E-state index contributed by atoms with van der Waals surface area (Å²) in [5.41, 5.74) is 3.73. The summed E-state index contributed by atoms with van der Waals surface area (Å²) in [5, 5.41) is 18.5. The number of benzene rings is 1. The second kappa shape index (κ2) is 7.51. The highest BCUT2D eigenvalue weighted by Gasteiger charge is 2.23. The van der Waals surface area contributed by atoms with Crippen LogP contribution in [-0.2, 0) is 0 Å². The largest absolute Gasteiger partial charge is 0.388 e. The van der Waals surface area contributed by atoms with E-state index in [1.165, 1.54) is 5.56 Å². The minimum absolute atomic E-state index is 0.140. The van der Waals surface area contributed by atoms with Gasteiger partial charge in [0.1, 0.15) is 0 Å². The molecule has 5 heteroatoms. The fourth-order valence-electron chi connectivity index (χ4n) is 2.94. The van der Waals surface area contributed by atoms with E-state index in [2.05, 4.69) is 31.3 Å². The summed E-state index contributed by atoms with van der Waals surface area (Å²) in [6, 6.07) is 10.3. The van der Waals surface area contributed by atoms with E-state index in [0.29, 0.717) is 12.3 Å². The monoisotopic (exact) mass is 333 g/mol. The molecule has 23 heavy (non-hydrogen) atoms. The van der Waals surface area contributed by atoms with Gasteiger partial charge in [-0.1, -0.05) is 18.2 Å². The number of para-hydroxylation sites is 1. The van der Waals surface area contributed by atoms with Gasteiger partial charge in [-0.05, 0) is 46.1 Å². The Morgan fingerprint density at radius 1 is 1.30 bits per heavy atom. The first-order valence-electron chi connectivity index (χ1n) is 7.92. The van der Waals surface area contributed by atoms with E-state index in [-0.39, 0.29) is 6.04 Å². The van der Waals surface area contributed by atoms with Crippen molar-refractivity contribution in [3.05, 3.63) is 47.3 Å².